The van der Waals surface area contributed by atoms with Gasteiger partial charge in [0.15, 0.2) is 5.78 Å². The van der Waals surface area contributed by atoms with Crippen LogP contribution in [0.15, 0.2) is 29.2 Å². The molecule has 6 nitrogen and oxygen atoms in total. The number of hydrogen-bond acceptors (Lipinski definition) is 4. The minimum absolute atomic E-state index is 0.0227. The number of carbonyl (C=O) groups is 2. The Morgan fingerprint density at radius 3 is 2.40 bits per heavy atom. The molecule has 20 heavy (non-hydrogen) atoms. The van der Waals surface area contributed by atoms with Gasteiger partial charge in [0.1, 0.15) is 0 Å². The lowest BCUT2D eigenvalue weighted by molar-refractivity contribution is -0.125. The first-order chi connectivity index (χ1) is 9.06. The first-order valence-corrected chi connectivity index (χ1v) is 7.45. The lowest BCUT2D eigenvalue weighted by Crippen LogP contribution is -2.42. The number of carbonyl (C=O) groups excluding carboxylic acids is 2. The molecule has 0 bridgehead atoms. The van der Waals surface area contributed by atoms with E-state index in [0.717, 1.165) is 0 Å². The zero-order valence-electron chi connectivity index (χ0n) is 11.6. The quantitative estimate of drug-likeness (QED) is 0.753. The van der Waals surface area contributed by atoms with Crippen molar-refractivity contribution in [3.05, 3.63) is 29.8 Å². The highest BCUT2D eigenvalue weighted by molar-refractivity contribution is 7.89. The summed E-state index contributed by atoms with van der Waals surface area (Å²) in [6.07, 6.45) is 0. The Morgan fingerprint density at radius 2 is 1.90 bits per heavy atom. The molecule has 0 aromatic heterocycles. The predicted octanol–water partition coefficient (Wildman–Crippen LogP) is 0.679. The van der Waals surface area contributed by atoms with Crippen LogP contribution in [0.4, 0.5) is 0 Å². The maximum atomic E-state index is 12.1. The first-order valence-electron chi connectivity index (χ1n) is 5.97. The Labute approximate surface area is 118 Å². The average Bonchev–Trinajstić information content (AvgIpc) is 2.36. The summed E-state index contributed by atoms with van der Waals surface area (Å²) >= 11 is 0. The van der Waals surface area contributed by atoms with Crippen LogP contribution in [0.25, 0.3) is 0 Å². The van der Waals surface area contributed by atoms with E-state index in [9.17, 15) is 18.0 Å². The van der Waals surface area contributed by atoms with Gasteiger partial charge in [-0.05, 0) is 32.9 Å². The van der Waals surface area contributed by atoms with Crippen LogP contribution in [0.5, 0.6) is 0 Å². The molecule has 0 aliphatic rings. The second-order valence-corrected chi connectivity index (χ2v) is 6.92. The Bertz CT molecular complexity index is 636. The smallest absolute Gasteiger partial charge is 0.240 e. The fourth-order valence-electron chi connectivity index (χ4n) is 1.33. The molecule has 1 rings (SSSR count). The molecule has 0 spiro atoms. The molecule has 0 saturated heterocycles. The molecule has 1 amide bonds. The highest BCUT2D eigenvalue weighted by atomic mass is 32.2. The maximum Gasteiger partial charge on any atom is 0.240 e. The van der Waals surface area contributed by atoms with Crippen LogP contribution in [0.3, 0.4) is 0 Å². The highest BCUT2D eigenvalue weighted by Gasteiger charge is 2.27. The van der Waals surface area contributed by atoms with E-state index in [1.165, 1.54) is 31.2 Å². The van der Waals surface area contributed by atoms with Crippen molar-refractivity contribution in [2.24, 2.45) is 11.1 Å². The van der Waals surface area contributed by atoms with Gasteiger partial charge in [-0.1, -0.05) is 12.1 Å². The van der Waals surface area contributed by atoms with Gasteiger partial charge >= 0.3 is 0 Å². The normalized spacial score (nSPS) is 12.2. The molecule has 1 aromatic carbocycles. The van der Waals surface area contributed by atoms with Crippen LogP contribution in [0.1, 0.15) is 31.1 Å². The summed E-state index contributed by atoms with van der Waals surface area (Å²) in [7, 11) is -3.79. The monoisotopic (exact) mass is 298 g/mol. The number of amides is 1. The number of benzene rings is 1. The van der Waals surface area contributed by atoms with Crippen LogP contribution in [-0.4, -0.2) is 26.7 Å². The van der Waals surface area contributed by atoms with E-state index in [1.807, 2.05) is 0 Å². The van der Waals surface area contributed by atoms with Crippen LogP contribution in [0.2, 0.25) is 0 Å². The number of rotatable bonds is 6. The largest absolute Gasteiger partial charge is 0.369 e. The zero-order chi connectivity index (χ0) is 15.6. The van der Waals surface area contributed by atoms with Crippen LogP contribution < -0.4 is 10.5 Å². The molecule has 0 saturated carbocycles. The number of Topliss-reactive ketones (excluding diaryl/α,β-unsaturated/α-hetero) is 1. The molecule has 0 fully saturated rings. The van der Waals surface area contributed by atoms with Crippen LogP contribution in [-0.2, 0) is 14.8 Å². The minimum Gasteiger partial charge on any atom is -0.369 e. The molecule has 0 atom stereocenters. The van der Waals surface area contributed by atoms with Crippen molar-refractivity contribution in [1.82, 2.24) is 4.72 Å². The summed E-state index contributed by atoms with van der Waals surface area (Å²) in [5.41, 5.74) is 4.50. The van der Waals surface area contributed by atoms with Crippen molar-refractivity contribution in [2.75, 3.05) is 6.54 Å². The Kier molecular flexibility index (Phi) is 4.67. The van der Waals surface area contributed by atoms with Crippen LogP contribution in [0, 0.1) is 5.41 Å². The second kappa shape index (κ2) is 5.72. The molecular formula is C13H18N2O4S. The van der Waals surface area contributed by atoms with Crippen molar-refractivity contribution in [3.8, 4) is 0 Å². The second-order valence-electron chi connectivity index (χ2n) is 5.16. The van der Waals surface area contributed by atoms with E-state index >= 15 is 0 Å². The molecule has 0 aliphatic heterocycles. The molecule has 7 heteroatoms. The molecule has 0 aliphatic carbocycles. The van der Waals surface area contributed by atoms with Crippen molar-refractivity contribution in [3.63, 3.8) is 0 Å². The van der Waals surface area contributed by atoms with Gasteiger partial charge in [-0.2, -0.15) is 0 Å². The lowest BCUT2D eigenvalue weighted by Gasteiger charge is -2.20. The third kappa shape index (κ3) is 3.88. The topological polar surface area (TPSA) is 106 Å². The molecule has 0 unspecified atom stereocenters. The summed E-state index contributed by atoms with van der Waals surface area (Å²) in [6.45, 7) is 4.33. The van der Waals surface area contributed by atoms with Crippen molar-refractivity contribution >= 4 is 21.7 Å². The fraction of sp³-hybridized carbons (Fsp3) is 0.385. The van der Waals surface area contributed by atoms with Gasteiger partial charge in [0.05, 0.1) is 10.3 Å². The standard InChI is InChI=1S/C13H18N2O4S/c1-9(16)10-5-4-6-11(7-10)20(18,19)15-8-13(2,3)12(14)17/h4-7,15H,8H2,1-3H3,(H2,14,17). The van der Waals surface area contributed by atoms with Gasteiger partial charge < -0.3 is 5.73 Å². The van der Waals surface area contributed by atoms with Crippen molar-refractivity contribution in [2.45, 2.75) is 25.7 Å². The van der Waals surface area contributed by atoms with E-state index in [1.54, 1.807) is 13.8 Å². The van der Waals surface area contributed by atoms with E-state index < -0.39 is 21.3 Å². The Morgan fingerprint density at radius 1 is 1.30 bits per heavy atom. The van der Waals surface area contributed by atoms with Crippen molar-refractivity contribution < 1.29 is 18.0 Å². The zero-order valence-corrected chi connectivity index (χ0v) is 12.5. The maximum absolute atomic E-state index is 12.1. The molecule has 0 radical (unpaired) electrons. The molecular weight excluding hydrogens is 280 g/mol. The summed E-state index contributed by atoms with van der Waals surface area (Å²) in [6, 6.07) is 5.70. The van der Waals surface area contributed by atoms with Gasteiger partial charge in [-0.15, -0.1) is 0 Å². The van der Waals surface area contributed by atoms with Gasteiger partial charge in [0.25, 0.3) is 0 Å². The summed E-state index contributed by atoms with van der Waals surface area (Å²) in [5, 5.41) is 0. The van der Waals surface area contributed by atoms with Crippen LogP contribution >= 0.6 is 0 Å². The number of nitrogens with one attached hydrogen (secondary N) is 1. The first kappa shape index (κ1) is 16.3. The van der Waals surface area contributed by atoms with Gasteiger partial charge in [-0.25, -0.2) is 13.1 Å². The number of nitrogens with two attached hydrogens (primary N) is 1. The average molecular weight is 298 g/mol. The fourth-order valence-corrected chi connectivity index (χ4v) is 2.59. The molecule has 0 heterocycles. The van der Waals surface area contributed by atoms with E-state index in [2.05, 4.69) is 4.72 Å². The number of ketones is 1. The van der Waals surface area contributed by atoms with Gasteiger partial charge in [-0.3, -0.25) is 9.59 Å². The lowest BCUT2D eigenvalue weighted by atomic mass is 9.93. The number of primary amides is 1. The van der Waals surface area contributed by atoms with E-state index in [4.69, 9.17) is 5.73 Å². The third-order valence-corrected chi connectivity index (χ3v) is 4.32. The molecule has 110 valence electrons. The summed E-state index contributed by atoms with van der Waals surface area (Å²) < 4.78 is 26.5. The number of hydrogen-bond donors (Lipinski definition) is 2. The highest BCUT2D eigenvalue weighted by Crippen LogP contribution is 2.16. The predicted molar refractivity (Wildman–Crippen MR) is 74.6 cm³/mol. The summed E-state index contributed by atoms with van der Waals surface area (Å²) in [5.74, 6) is -0.822. The van der Waals surface area contributed by atoms with E-state index in [0.29, 0.717) is 5.56 Å². The Hall–Kier alpha value is -1.73. The Balaban J connectivity index is 2.98. The molecule has 3 N–H and O–H groups in total. The molecule has 1 aromatic rings. The van der Waals surface area contributed by atoms with Gasteiger partial charge in [0, 0.05) is 12.1 Å². The summed E-state index contributed by atoms with van der Waals surface area (Å²) in [4.78, 5) is 22.4. The minimum atomic E-state index is -3.79. The van der Waals surface area contributed by atoms with Crippen molar-refractivity contribution in [1.29, 1.82) is 0 Å². The number of sulfonamides is 1. The SMILES string of the molecule is CC(=O)c1cccc(S(=O)(=O)NCC(C)(C)C(N)=O)c1. The van der Waals surface area contributed by atoms with Gasteiger partial charge in [0.2, 0.25) is 15.9 Å². The van der Waals surface area contributed by atoms with E-state index in [-0.39, 0.29) is 17.2 Å². The third-order valence-electron chi connectivity index (χ3n) is 2.92.